The van der Waals surface area contributed by atoms with Gasteiger partial charge in [-0.25, -0.2) is 4.68 Å². The molecule has 1 aromatic rings. The number of anilines is 1. The number of hydrogen-bond donors (Lipinski definition) is 1. The van der Waals surface area contributed by atoms with Crippen molar-refractivity contribution in [2.75, 3.05) is 11.9 Å². The molecule has 0 bridgehead atoms. The standard InChI is InChI=1S/C14H25N3O2/c1-10(2)7-9-19-12(5)14(18)16-13-6-8-15-17(13)11(3)4/h6,8,10-12H,7,9H2,1-5H3,(H,16,18). The van der Waals surface area contributed by atoms with Gasteiger partial charge in [-0.05, 0) is 33.1 Å². The number of carbonyl (C=O) groups excluding carboxylic acids is 1. The Labute approximate surface area is 115 Å². The number of rotatable bonds is 7. The zero-order valence-electron chi connectivity index (χ0n) is 12.5. The molecule has 0 aliphatic rings. The number of amides is 1. The molecule has 0 radical (unpaired) electrons. The van der Waals surface area contributed by atoms with Gasteiger partial charge in [0.05, 0.1) is 6.20 Å². The lowest BCUT2D eigenvalue weighted by Crippen LogP contribution is -2.29. The third-order valence-electron chi connectivity index (χ3n) is 2.84. The van der Waals surface area contributed by atoms with E-state index in [1.165, 1.54) is 0 Å². The fraction of sp³-hybridized carbons (Fsp3) is 0.714. The first-order chi connectivity index (χ1) is 8.91. The minimum absolute atomic E-state index is 0.133. The second-order valence-electron chi connectivity index (χ2n) is 5.44. The van der Waals surface area contributed by atoms with Gasteiger partial charge in [0.2, 0.25) is 0 Å². The van der Waals surface area contributed by atoms with Gasteiger partial charge in [0.15, 0.2) is 0 Å². The largest absolute Gasteiger partial charge is 0.369 e. The quantitative estimate of drug-likeness (QED) is 0.826. The average molecular weight is 267 g/mol. The van der Waals surface area contributed by atoms with E-state index >= 15 is 0 Å². The lowest BCUT2D eigenvalue weighted by molar-refractivity contribution is -0.126. The van der Waals surface area contributed by atoms with Gasteiger partial charge in [-0.2, -0.15) is 5.10 Å². The van der Waals surface area contributed by atoms with E-state index in [-0.39, 0.29) is 11.9 Å². The molecule has 1 unspecified atom stereocenters. The molecule has 0 aliphatic carbocycles. The van der Waals surface area contributed by atoms with E-state index < -0.39 is 6.10 Å². The van der Waals surface area contributed by atoms with Crippen LogP contribution in [0, 0.1) is 5.92 Å². The minimum Gasteiger partial charge on any atom is -0.369 e. The summed E-state index contributed by atoms with van der Waals surface area (Å²) in [6.07, 6.45) is 2.19. The molecule has 108 valence electrons. The number of ether oxygens (including phenoxy) is 1. The molecule has 5 nitrogen and oxygen atoms in total. The van der Waals surface area contributed by atoms with Gasteiger partial charge in [-0.3, -0.25) is 4.79 Å². The van der Waals surface area contributed by atoms with Crippen molar-refractivity contribution < 1.29 is 9.53 Å². The highest BCUT2D eigenvalue weighted by Gasteiger charge is 2.16. The Hall–Kier alpha value is -1.36. The second-order valence-corrected chi connectivity index (χ2v) is 5.44. The van der Waals surface area contributed by atoms with E-state index in [1.807, 2.05) is 13.8 Å². The maximum absolute atomic E-state index is 12.0. The number of hydrogen-bond acceptors (Lipinski definition) is 3. The van der Waals surface area contributed by atoms with E-state index in [1.54, 1.807) is 23.9 Å². The van der Waals surface area contributed by atoms with Crippen molar-refractivity contribution >= 4 is 11.7 Å². The Morgan fingerprint density at radius 1 is 1.37 bits per heavy atom. The summed E-state index contributed by atoms with van der Waals surface area (Å²) in [4.78, 5) is 12.0. The Bertz CT molecular complexity index is 399. The highest BCUT2D eigenvalue weighted by molar-refractivity contribution is 5.93. The zero-order valence-corrected chi connectivity index (χ0v) is 12.5. The van der Waals surface area contributed by atoms with Gasteiger partial charge in [-0.15, -0.1) is 0 Å². The molecule has 0 saturated heterocycles. The van der Waals surface area contributed by atoms with Gasteiger partial charge in [-0.1, -0.05) is 13.8 Å². The fourth-order valence-electron chi connectivity index (χ4n) is 1.61. The molecule has 1 rings (SSSR count). The van der Waals surface area contributed by atoms with Crippen LogP contribution in [0.15, 0.2) is 12.3 Å². The molecular weight excluding hydrogens is 242 g/mol. The summed E-state index contributed by atoms with van der Waals surface area (Å²) >= 11 is 0. The molecule has 1 N–H and O–H groups in total. The summed E-state index contributed by atoms with van der Waals surface area (Å²) in [6, 6.07) is 2.00. The third-order valence-corrected chi connectivity index (χ3v) is 2.84. The van der Waals surface area contributed by atoms with Crippen LogP contribution in [0.2, 0.25) is 0 Å². The molecule has 0 saturated carbocycles. The van der Waals surface area contributed by atoms with Crippen molar-refractivity contribution in [1.29, 1.82) is 0 Å². The first kappa shape index (κ1) is 15.7. The normalized spacial score (nSPS) is 13.0. The number of nitrogens with zero attached hydrogens (tertiary/aromatic N) is 2. The SMILES string of the molecule is CC(C)CCOC(C)C(=O)Nc1ccnn1C(C)C. The Morgan fingerprint density at radius 3 is 2.63 bits per heavy atom. The maximum atomic E-state index is 12.0. The van der Waals surface area contributed by atoms with Crippen LogP contribution in [0.5, 0.6) is 0 Å². The van der Waals surface area contributed by atoms with Crippen LogP contribution in [-0.4, -0.2) is 28.4 Å². The summed E-state index contributed by atoms with van der Waals surface area (Å²) in [5.41, 5.74) is 0. The summed E-state index contributed by atoms with van der Waals surface area (Å²) < 4.78 is 7.30. The highest BCUT2D eigenvalue weighted by Crippen LogP contribution is 2.13. The van der Waals surface area contributed by atoms with E-state index in [0.717, 1.165) is 6.42 Å². The molecule has 1 heterocycles. The summed E-state index contributed by atoms with van der Waals surface area (Å²) in [5, 5.41) is 7.02. The van der Waals surface area contributed by atoms with Crippen LogP contribution in [0.4, 0.5) is 5.82 Å². The van der Waals surface area contributed by atoms with Crippen molar-refractivity contribution in [3.05, 3.63) is 12.3 Å². The lowest BCUT2D eigenvalue weighted by atomic mass is 10.1. The first-order valence-electron chi connectivity index (χ1n) is 6.87. The molecule has 0 aliphatic heterocycles. The Balaban J connectivity index is 2.47. The molecule has 0 spiro atoms. The van der Waals surface area contributed by atoms with Gasteiger partial charge in [0.1, 0.15) is 11.9 Å². The van der Waals surface area contributed by atoms with Gasteiger partial charge in [0, 0.05) is 18.7 Å². The molecular formula is C14H25N3O2. The van der Waals surface area contributed by atoms with Crippen LogP contribution in [0.25, 0.3) is 0 Å². The average Bonchev–Trinajstić information content (AvgIpc) is 2.76. The van der Waals surface area contributed by atoms with E-state index in [0.29, 0.717) is 18.3 Å². The van der Waals surface area contributed by atoms with Crippen LogP contribution >= 0.6 is 0 Å². The predicted molar refractivity (Wildman–Crippen MR) is 76.1 cm³/mol. The maximum Gasteiger partial charge on any atom is 0.254 e. The van der Waals surface area contributed by atoms with Crippen molar-refractivity contribution in [3.63, 3.8) is 0 Å². The van der Waals surface area contributed by atoms with Crippen LogP contribution in [0.1, 0.15) is 47.1 Å². The monoisotopic (exact) mass is 267 g/mol. The van der Waals surface area contributed by atoms with Gasteiger partial charge >= 0.3 is 0 Å². The third kappa shape index (κ3) is 5.03. The molecule has 5 heteroatoms. The molecule has 1 amide bonds. The van der Waals surface area contributed by atoms with Crippen LogP contribution in [0.3, 0.4) is 0 Å². The van der Waals surface area contributed by atoms with E-state index in [9.17, 15) is 4.79 Å². The van der Waals surface area contributed by atoms with Crippen molar-refractivity contribution in [2.45, 2.75) is 53.2 Å². The first-order valence-corrected chi connectivity index (χ1v) is 6.87. The number of carbonyl (C=O) groups is 1. The minimum atomic E-state index is -0.450. The highest BCUT2D eigenvalue weighted by atomic mass is 16.5. The van der Waals surface area contributed by atoms with Crippen LogP contribution < -0.4 is 5.32 Å². The second kappa shape index (κ2) is 7.28. The van der Waals surface area contributed by atoms with E-state index in [4.69, 9.17) is 4.74 Å². The Morgan fingerprint density at radius 2 is 2.05 bits per heavy atom. The van der Waals surface area contributed by atoms with Crippen LogP contribution in [-0.2, 0) is 9.53 Å². The summed E-state index contributed by atoms with van der Waals surface area (Å²) in [7, 11) is 0. The fourth-order valence-corrected chi connectivity index (χ4v) is 1.61. The Kier molecular flexibility index (Phi) is 6.02. The number of aromatic nitrogens is 2. The molecule has 0 fully saturated rings. The summed E-state index contributed by atoms with van der Waals surface area (Å²) in [5.74, 6) is 1.16. The van der Waals surface area contributed by atoms with Gasteiger partial charge < -0.3 is 10.1 Å². The lowest BCUT2D eigenvalue weighted by Gasteiger charge is -2.16. The van der Waals surface area contributed by atoms with Gasteiger partial charge in [0.25, 0.3) is 5.91 Å². The smallest absolute Gasteiger partial charge is 0.254 e. The topological polar surface area (TPSA) is 56.1 Å². The van der Waals surface area contributed by atoms with Crippen molar-refractivity contribution in [2.24, 2.45) is 5.92 Å². The number of nitrogens with one attached hydrogen (secondary N) is 1. The zero-order chi connectivity index (χ0) is 14.4. The molecule has 1 aromatic heterocycles. The molecule has 1 atom stereocenters. The summed E-state index contributed by atoms with van der Waals surface area (Å²) in [6.45, 7) is 10.7. The molecule has 0 aromatic carbocycles. The van der Waals surface area contributed by atoms with Crippen molar-refractivity contribution in [1.82, 2.24) is 9.78 Å². The predicted octanol–water partition coefficient (Wildman–Crippen LogP) is 2.85. The van der Waals surface area contributed by atoms with Crippen molar-refractivity contribution in [3.8, 4) is 0 Å². The van der Waals surface area contributed by atoms with E-state index in [2.05, 4.69) is 24.3 Å². The molecule has 19 heavy (non-hydrogen) atoms.